The molecule has 1 unspecified atom stereocenters. The van der Waals surface area contributed by atoms with Gasteiger partial charge in [-0.3, -0.25) is 14.4 Å². The number of halogens is 1. The smallest absolute Gasteiger partial charge is 0.338 e. The summed E-state index contributed by atoms with van der Waals surface area (Å²) < 4.78 is 4.91. The lowest BCUT2D eigenvalue weighted by atomic mass is 10.2. The van der Waals surface area contributed by atoms with Crippen LogP contribution in [-0.2, 0) is 19.1 Å². The van der Waals surface area contributed by atoms with Crippen LogP contribution >= 0.6 is 23.4 Å². The maximum absolute atomic E-state index is 12.6. The van der Waals surface area contributed by atoms with E-state index in [1.807, 2.05) is 0 Å². The van der Waals surface area contributed by atoms with Crippen LogP contribution in [0.1, 0.15) is 23.7 Å². The first-order valence-electron chi connectivity index (χ1n) is 9.20. The molecule has 0 aliphatic carbocycles. The fourth-order valence-corrected chi connectivity index (χ4v) is 3.93. The number of esters is 1. The first-order valence-corrected chi connectivity index (χ1v) is 10.6. The summed E-state index contributed by atoms with van der Waals surface area (Å²) >= 11 is 6.96. The summed E-state index contributed by atoms with van der Waals surface area (Å²) in [7, 11) is 0. The summed E-state index contributed by atoms with van der Waals surface area (Å²) in [5.74, 6) is -1.39. The predicted octanol–water partition coefficient (Wildman–Crippen LogP) is 3.52. The van der Waals surface area contributed by atoms with Gasteiger partial charge in [-0.05, 0) is 55.5 Å². The molecule has 1 aliphatic rings. The van der Waals surface area contributed by atoms with Gasteiger partial charge in [-0.1, -0.05) is 11.6 Å². The van der Waals surface area contributed by atoms with Crippen LogP contribution in [0.4, 0.5) is 11.4 Å². The van der Waals surface area contributed by atoms with E-state index in [9.17, 15) is 19.2 Å². The van der Waals surface area contributed by atoms with Crippen molar-refractivity contribution in [2.24, 2.45) is 0 Å². The van der Waals surface area contributed by atoms with Crippen LogP contribution in [0.3, 0.4) is 0 Å². The second kappa shape index (κ2) is 9.77. The molecule has 1 N–H and O–H groups in total. The van der Waals surface area contributed by atoms with Gasteiger partial charge in [0.1, 0.15) is 0 Å². The molecule has 0 bridgehead atoms. The Balaban J connectivity index is 1.53. The monoisotopic (exact) mass is 446 g/mol. The highest BCUT2D eigenvalue weighted by Crippen LogP contribution is 2.30. The topological polar surface area (TPSA) is 92.8 Å². The van der Waals surface area contributed by atoms with Crippen LogP contribution < -0.4 is 10.2 Å². The van der Waals surface area contributed by atoms with Crippen molar-refractivity contribution in [3.8, 4) is 0 Å². The molecule has 0 spiro atoms. The summed E-state index contributed by atoms with van der Waals surface area (Å²) in [5, 5.41) is 2.59. The highest BCUT2D eigenvalue weighted by molar-refractivity contribution is 8.01. The Hall–Kier alpha value is -2.84. The largest absolute Gasteiger partial charge is 0.462 e. The Morgan fingerprint density at radius 2 is 1.80 bits per heavy atom. The van der Waals surface area contributed by atoms with Crippen LogP contribution in [0.15, 0.2) is 48.5 Å². The van der Waals surface area contributed by atoms with E-state index >= 15 is 0 Å². The van der Waals surface area contributed by atoms with Crippen molar-refractivity contribution in [1.82, 2.24) is 0 Å². The molecule has 2 aromatic carbocycles. The number of hydrogen-bond donors (Lipinski definition) is 1. The first-order chi connectivity index (χ1) is 14.4. The summed E-state index contributed by atoms with van der Waals surface area (Å²) in [4.78, 5) is 49.9. The lowest BCUT2D eigenvalue weighted by Crippen LogP contribution is -2.31. The van der Waals surface area contributed by atoms with E-state index < -0.39 is 11.2 Å². The highest BCUT2D eigenvalue weighted by atomic mass is 35.5. The van der Waals surface area contributed by atoms with Gasteiger partial charge >= 0.3 is 5.97 Å². The lowest BCUT2D eigenvalue weighted by Gasteiger charge is -2.15. The number of amides is 3. The first kappa shape index (κ1) is 21.9. The van der Waals surface area contributed by atoms with E-state index in [1.165, 1.54) is 0 Å². The van der Waals surface area contributed by atoms with Gasteiger partial charge in [-0.2, -0.15) is 0 Å². The van der Waals surface area contributed by atoms with Gasteiger partial charge in [-0.15, -0.1) is 11.8 Å². The molecule has 30 heavy (non-hydrogen) atoms. The average Bonchev–Trinajstić information content (AvgIpc) is 3.01. The Labute approximate surface area is 182 Å². The average molecular weight is 447 g/mol. The fourth-order valence-electron chi connectivity index (χ4n) is 2.87. The highest BCUT2D eigenvalue weighted by Gasteiger charge is 2.40. The molecule has 7 nitrogen and oxygen atoms in total. The standard InChI is InChI=1S/C21H19ClN2O5S/c1-2-29-21(28)13-3-7-15(8-4-13)23-18(25)12-30-17-11-19(26)24(20(17)27)16-9-5-14(22)6-10-16/h3-10,17H,2,11-12H2,1H3,(H,23,25). The van der Waals surface area contributed by atoms with E-state index in [-0.39, 0.29) is 36.5 Å². The maximum Gasteiger partial charge on any atom is 0.338 e. The third-order valence-electron chi connectivity index (χ3n) is 4.29. The molecule has 1 saturated heterocycles. The van der Waals surface area contributed by atoms with Crippen LogP contribution in [0, 0.1) is 0 Å². The second-order valence-corrected chi connectivity index (χ2v) is 8.02. The van der Waals surface area contributed by atoms with Gasteiger partial charge in [0.05, 0.1) is 28.9 Å². The van der Waals surface area contributed by atoms with Crippen molar-refractivity contribution in [2.45, 2.75) is 18.6 Å². The molecule has 0 saturated carbocycles. The normalized spacial score (nSPS) is 15.9. The Morgan fingerprint density at radius 1 is 1.13 bits per heavy atom. The van der Waals surface area contributed by atoms with Crippen molar-refractivity contribution in [3.63, 3.8) is 0 Å². The molecule has 9 heteroatoms. The maximum atomic E-state index is 12.6. The van der Waals surface area contributed by atoms with E-state index in [2.05, 4.69) is 5.32 Å². The quantitative estimate of drug-likeness (QED) is 0.516. The number of nitrogens with one attached hydrogen (secondary N) is 1. The van der Waals surface area contributed by atoms with Crippen LogP contribution in [-0.4, -0.2) is 41.3 Å². The van der Waals surface area contributed by atoms with Crippen molar-refractivity contribution in [1.29, 1.82) is 0 Å². The molecule has 1 fully saturated rings. The molecule has 1 heterocycles. The molecule has 0 aromatic heterocycles. The van der Waals surface area contributed by atoms with Crippen molar-refractivity contribution >= 4 is 58.4 Å². The van der Waals surface area contributed by atoms with Crippen molar-refractivity contribution in [3.05, 3.63) is 59.1 Å². The third kappa shape index (κ3) is 5.20. The zero-order chi connectivity index (χ0) is 21.7. The molecule has 2 aromatic rings. The molecule has 0 radical (unpaired) electrons. The summed E-state index contributed by atoms with van der Waals surface area (Å²) in [6.07, 6.45) is 0.0354. The van der Waals surface area contributed by atoms with Gasteiger partial charge in [0.2, 0.25) is 17.7 Å². The Morgan fingerprint density at radius 3 is 2.43 bits per heavy atom. The molecule has 1 aliphatic heterocycles. The molecule has 1 atom stereocenters. The van der Waals surface area contributed by atoms with Crippen LogP contribution in [0.25, 0.3) is 0 Å². The van der Waals surface area contributed by atoms with Gasteiger partial charge in [0.15, 0.2) is 0 Å². The fraction of sp³-hybridized carbons (Fsp3) is 0.238. The molecule has 3 rings (SSSR count). The molecule has 3 amide bonds. The summed E-state index contributed by atoms with van der Waals surface area (Å²) in [5.41, 5.74) is 1.37. The van der Waals surface area contributed by atoms with Crippen LogP contribution in [0.2, 0.25) is 5.02 Å². The number of benzene rings is 2. The number of rotatable bonds is 7. The van der Waals surface area contributed by atoms with E-state index in [0.717, 1.165) is 16.7 Å². The van der Waals surface area contributed by atoms with Gasteiger partial charge in [0, 0.05) is 17.1 Å². The number of carbonyl (C=O) groups excluding carboxylic acids is 4. The number of nitrogens with zero attached hydrogens (tertiary/aromatic N) is 1. The second-order valence-electron chi connectivity index (χ2n) is 6.39. The van der Waals surface area contributed by atoms with Crippen LogP contribution in [0.5, 0.6) is 0 Å². The van der Waals surface area contributed by atoms with E-state index in [1.54, 1.807) is 55.5 Å². The predicted molar refractivity (Wildman–Crippen MR) is 116 cm³/mol. The minimum absolute atomic E-state index is 0.0117. The van der Waals surface area contributed by atoms with Gasteiger partial charge in [-0.25, -0.2) is 9.69 Å². The number of carbonyl (C=O) groups is 4. The lowest BCUT2D eigenvalue weighted by molar-refractivity contribution is -0.121. The van der Waals surface area contributed by atoms with E-state index in [0.29, 0.717) is 22.0 Å². The Bertz CT molecular complexity index is 962. The molecule has 156 valence electrons. The zero-order valence-electron chi connectivity index (χ0n) is 16.1. The molecular formula is C21H19ClN2O5S. The number of anilines is 2. The number of imide groups is 1. The number of hydrogen-bond acceptors (Lipinski definition) is 6. The van der Waals surface area contributed by atoms with Gasteiger partial charge in [0.25, 0.3) is 0 Å². The zero-order valence-corrected chi connectivity index (χ0v) is 17.7. The molecular weight excluding hydrogens is 428 g/mol. The minimum atomic E-state index is -0.620. The number of ether oxygens (including phenoxy) is 1. The van der Waals surface area contributed by atoms with E-state index in [4.69, 9.17) is 16.3 Å². The van der Waals surface area contributed by atoms with Crippen molar-refractivity contribution < 1.29 is 23.9 Å². The SMILES string of the molecule is CCOC(=O)c1ccc(NC(=O)CSC2CC(=O)N(c3ccc(Cl)cc3)C2=O)cc1. The Kier molecular flexibility index (Phi) is 7.12. The van der Waals surface area contributed by atoms with Gasteiger partial charge < -0.3 is 10.1 Å². The minimum Gasteiger partial charge on any atom is -0.462 e. The third-order valence-corrected chi connectivity index (χ3v) is 5.74. The summed E-state index contributed by atoms with van der Waals surface area (Å²) in [6, 6.07) is 12.8. The summed E-state index contributed by atoms with van der Waals surface area (Å²) in [6.45, 7) is 2.01. The number of thioether (sulfide) groups is 1. The van der Waals surface area contributed by atoms with Crippen molar-refractivity contribution in [2.75, 3.05) is 22.6 Å².